The van der Waals surface area contributed by atoms with E-state index >= 15 is 0 Å². The molecular formula is C26H22F3N3O2S. The number of hydrogen-bond acceptors (Lipinski definition) is 3. The lowest BCUT2D eigenvalue weighted by atomic mass is 10.2. The van der Waals surface area contributed by atoms with E-state index in [1.807, 2.05) is 41.1 Å². The van der Waals surface area contributed by atoms with Crippen molar-refractivity contribution in [2.24, 2.45) is 0 Å². The Morgan fingerprint density at radius 3 is 2.43 bits per heavy atom. The highest BCUT2D eigenvalue weighted by molar-refractivity contribution is 8.00. The van der Waals surface area contributed by atoms with Crippen LogP contribution >= 0.6 is 11.8 Å². The maximum absolute atomic E-state index is 12.9. The molecule has 0 fully saturated rings. The lowest BCUT2D eigenvalue weighted by Gasteiger charge is -2.09. The molecule has 0 radical (unpaired) electrons. The van der Waals surface area contributed by atoms with Gasteiger partial charge in [0, 0.05) is 46.3 Å². The number of carbonyl (C=O) groups excluding carboxylic acids is 2. The lowest BCUT2D eigenvalue weighted by molar-refractivity contribution is -0.137. The second kappa shape index (κ2) is 10.7. The highest BCUT2D eigenvalue weighted by atomic mass is 32.2. The second-order valence-electron chi connectivity index (χ2n) is 7.74. The first-order valence-corrected chi connectivity index (χ1v) is 11.8. The summed E-state index contributed by atoms with van der Waals surface area (Å²) in [6, 6.07) is 21.2. The van der Waals surface area contributed by atoms with Gasteiger partial charge in [0.2, 0.25) is 5.91 Å². The Kier molecular flexibility index (Phi) is 7.45. The predicted octanol–water partition coefficient (Wildman–Crippen LogP) is 5.82. The molecule has 0 saturated carbocycles. The van der Waals surface area contributed by atoms with Crippen molar-refractivity contribution in [3.8, 4) is 0 Å². The van der Waals surface area contributed by atoms with Gasteiger partial charge in [-0.2, -0.15) is 13.2 Å². The van der Waals surface area contributed by atoms with E-state index in [4.69, 9.17) is 0 Å². The monoisotopic (exact) mass is 497 g/mol. The van der Waals surface area contributed by atoms with Crippen molar-refractivity contribution in [3.63, 3.8) is 0 Å². The first-order chi connectivity index (χ1) is 16.8. The van der Waals surface area contributed by atoms with Crippen LogP contribution in [0.5, 0.6) is 0 Å². The zero-order valence-corrected chi connectivity index (χ0v) is 19.3. The maximum Gasteiger partial charge on any atom is 0.416 e. The number of thioether (sulfide) groups is 1. The molecule has 0 bridgehead atoms. The quantitative estimate of drug-likeness (QED) is 0.302. The SMILES string of the molecule is O=C(CSc1cn(CCNC(=O)c2ccccc2)c2ccccc12)Nc1cccc(C(F)(F)F)c1. The van der Waals surface area contributed by atoms with Crippen molar-refractivity contribution in [2.75, 3.05) is 17.6 Å². The van der Waals surface area contributed by atoms with E-state index in [1.54, 1.807) is 24.3 Å². The number of para-hydroxylation sites is 1. The topological polar surface area (TPSA) is 63.1 Å². The normalized spacial score (nSPS) is 11.4. The van der Waals surface area contributed by atoms with Crippen molar-refractivity contribution in [1.29, 1.82) is 0 Å². The molecule has 0 aliphatic heterocycles. The van der Waals surface area contributed by atoms with Gasteiger partial charge in [0.05, 0.1) is 11.3 Å². The van der Waals surface area contributed by atoms with Crippen LogP contribution in [0.25, 0.3) is 10.9 Å². The summed E-state index contributed by atoms with van der Waals surface area (Å²) in [7, 11) is 0. The number of anilines is 1. The molecule has 1 heterocycles. The molecule has 0 saturated heterocycles. The molecule has 4 rings (SSSR count). The zero-order chi connectivity index (χ0) is 24.8. The molecule has 0 aliphatic carbocycles. The smallest absolute Gasteiger partial charge is 0.350 e. The fourth-order valence-corrected chi connectivity index (χ4v) is 4.50. The number of amides is 2. The van der Waals surface area contributed by atoms with Gasteiger partial charge in [0.1, 0.15) is 0 Å². The van der Waals surface area contributed by atoms with E-state index in [0.29, 0.717) is 18.7 Å². The summed E-state index contributed by atoms with van der Waals surface area (Å²) in [6.45, 7) is 0.961. The molecule has 2 N–H and O–H groups in total. The molecular weight excluding hydrogens is 475 g/mol. The summed E-state index contributed by atoms with van der Waals surface area (Å²) in [6.07, 6.45) is -2.56. The number of aromatic nitrogens is 1. The van der Waals surface area contributed by atoms with Gasteiger partial charge in [0.15, 0.2) is 0 Å². The fourth-order valence-electron chi connectivity index (χ4n) is 3.61. The molecule has 2 amide bonds. The molecule has 1 aromatic heterocycles. The van der Waals surface area contributed by atoms with Crippen LogP contribution in [0.2, 0.25) is 0 Å². The highest BCUT2D eigenvalue weighted by Gasteiger charge is 2.30. The van der Waals surface area contributed by atoms with Crippen molar-refractivity contribution < 1.29 is 22.8 Å². The van der Waals surface area contributed by atoms with Gasteiger partial charge in [-0.3, -0.25) is 9.59 Å². The molecule has 4 aromatic rings. The summed E-state index contributed by atoms with van der Waals surface area (Å²) in [4.78, 5) is 25.5. The lowest BCUT2D eigenvalue weighted by Crippen LogP contribution is -2.26. The second-order valence-corrected chi connectivity index (χ2v) is 8.76. The van der Waals surface area contributed by atoms with Crippen LogP contribution in [0.1, 0.15) is 15.9 Å². The molecule has 35 heavy (non-hydrogen) atoms. The van der Waals surface area contributed by atoms with Crippen LogP contribution in [-0.4, -0.2) is 28.7 Å². The Bertz CT molecular complexity index is 1340. The molecule has 9 heteroatoms. The van der Waals surface area contributed by atoms with E-state index in [1.165, 1.54) is 23.9 Å². The minimum absolute atomic E-state index is 0.0367. The van der Waals surface area contributed by atoms with Crippen molar-refractivity contribution in [3.05, 3.63) is 96.2 Å². The van der Waals surface area contributed by atoms with Crippen LogP contribution < -0.4 is 10.6 Å². The van der Waals surface area contributed by atoms with E-state index in [-0.39, 0.29) is 17.3 Å². The molecule has 0 spiro atoms. The van der Waals surface area contributed by atoms with Crippen LogP contribution in [-0.2, 0) is 17.5 Å². The average molecular weight is 498 g/mol. The van der Waals surface area contributed by atoms with Crippen LogP contribution in [0.3, 0.4) is 0 Å². The number of benzene rings is 3. The Balaban J connectivity index is 1.38. The standard InChI is InChI=1S/C26H22F3N3O2S/c27-26(28,29)19-9-6-10-20(15-19)31-24(33)17-35-23-16-32(22-12-5-4-11-21(22)23)14-13-30-25(34)18-7-2-1-3-8-18/h1-12,15-16H,13-14,17H2,(H,30,34)(H,31,33). The first-order valence-electron chi connectivity index (χ1n) is 10.8. The summed E-state index contributed by atoms with van der Waals surface area (Å²) in [5.74, 6) is -0.515. The molecule has 0 aliphatic rings. The summed E-state index contributed by atoms with van der Waals surface area (Å²) >= 11 is 1.30. The number of nitrogens with one attached hydrogen (secondary N) is 2. The largest absolute Gasteiger partial charge is 0.416 e. The van der Waals surface area contributed by atoms with E-state index < -0.39 is 17.6 Å². The van der Waals surface area contributed by atoms with Crippen LogP contribution in [0, 0.1) is 0 Å². The number of nitrogens with zero attached hydrogens (tertiary/aromatic N) is 1. The third-order valence-electron chi connectivity index (χ3n) is 5.26. The number of rotatable bonds is 8. The molecule has 0 unspecified atom stereocenters. The summed E-state index contributed by atoms with van der Waals surface area (Å²) in [5.41, 5.74) is 0.836. The van der Waals surface area contributed by atoms with Gasteiger partial charge in [-0.1, -0.05) is 42.5 Å². The Morgan fingerprint density at radius 2 is 1.66 bits per heavy atom. The number of fused-ring (bicyclic) bond motifs is 1. The predicted molar refractivity (Wildman–Crippen MR) is 132 cm³/mol. The van der Waals surface area contributed by atoms with Crippen molar-refractivity contribution in [1.82, 2.24) is 9.88 Å². The molecule has 0 atom stereocenters. The maximum atomic E-state index is 12.9. The van der Waals surface area contributed by atoms with Gasteiger partial charge < -0.3 is 15.2 Å². The highest BCUT2D eigenvalue weighted by Crippen LogP contribution is 2.32. The Labute approximate surface area is 204 Å². The Hall–Kier alpha value is -3.72. The Morgan fingerprint density at radius 1 is 0.914 bits per heavy atom. The fraction of sp³-hybridized carbons (Fsp3) is 0.154. The van der Waals surface area contributed by atoms with E-state index in [2.05, 4.69) is 10.6 Å². The van der Waals surface area contributed by atoms with Gasteiger partial charge in [-0.05, 0) is 36.4 Å². The van der Waals surface area contributed by atoms with E-state index in [9.17, 15) is 22.8 Å². The van der Waals surface area contributed by atoms with Crippen LogP contribution in [0.15, 0.2) is 90.0 Å². The van der Waals surface area contributed by atoms with Gasteiger partial charge in [0.25, 0.3) is 5.91 Å². The van der Waals surface area contributed by atoms with Crippen LogP contribution in [0.4, 0.5) is 18.9 Å². The number of halogens is 3. The minimum Gasteiger partial charge on any atom is -0.350 e. The number of carbonyl (C=O) groups is 2. The summed E-state index contributed by atoms with van der Waals surface area (Å²) in [5, 5.41) is 6.39. The van der Waals surface area contributed by atoms with Gasteiger partial charge >= 0.3 is 6.18 Å². The minimum atomic E-state index is -4.47. The molecule has 180 valence electrons. The first kappa shape index (κ1) is 24.4. The van der Waals surface area contributed by atoms with Gasteiger partial charge in [-0.15, -0.1) is 11.8 Å². The third kappa shape index (κ3) is 6.24. The zero-order valence-electron chi connectivity index (χ0n) is 18.5. The van der Waals surface area contributed by atoms with Crippen molar-refractivity contribution in [2.45, 2.75) is 17.6 Å². The number of hydrogen-bond donors (Lipinski definition) is 2. The van der Waals surface area contributed by atoms with Crippen molar-refractivity contribution >= 4 is 40.2 Å². The van der Waals surface area contributed by atoms with Gasteiger partial charge in [-0.25, -0.2) is 0 Å². The average Bonchev–Trinajstić information content (AvgIpc) is 3.20. The number of alkyl halides is 3. The summed E-state index contributed by atoms with van der Waals surface area (Å²) < 4.78 is 40.7. The van der Waals surface area contributed by atoms with E-state index in [0.717, 1.165) is 27.9 Å². The molecule has 5 nitrogen and oxygen atoms in total. The molecule has 3 aromatic carbocycles. The third-order valence-corrected chi connectivity index (χ3v) is 6.30.